The van der Waals surface area contributed by atoms with Gasteiger partial charge in [-0.3, -0.25) is 9.69 Å². The van der Waals surface area contributed by atoms with E-state index in [1.807, 2.05) is 23.1 Å². The molecule has 0 spiro atoms. The van der Waals surface area contributed by atoms with Crippen molar-refractivity contribution >= 4 is 40.0 Å². The number of amides is 1. The van der Waals surface area contributed by atoms with Crippen LogP contribution in [0.2, 0.25) is 10.0 Å². The van der Waals surface area contributed by atoms with Crippen LogP contribution in [0.5, 0.6) is 0 Å². The van der Waals surface area contributed by atoms with Gasteiger partial charge in [0.25, 0.3) is 0 Å². The third-order valence-corrected chi connectivity index (χ3v) is 7.49. The highest BCUT2D eigenvalue weighted by Gasteiger charge is 2.19. The molecule has 1 aromatic heterocycles. The van der Waals surface area contributed by atoms with Gasteiger partial charge >= 0.3 is 0 Å². The lowest BCUT2D eigenvalue weighted by Crippen LogP contribution is -2.41. The van der Waals surface area contributed by atoms with E-state index < -0.39 is 0 Å². The molecule has 1 amide bonds. The molecule has 0 saturated carbocycles. The van der Waals surface area contributed by atoms with E-state index >= 15 is 0 Å². The molecule has 4 aromatic rings. The van der Waals surface area contributed by atoms with Gasteiger partial charge in [0.15, 0.2) is 0 Å². The van der Waals surface area contributed by atoms with Gasteiger partial charge in [-0.05, 0) is 61.2 Å². The van der Waals surface area contributed by atoms with Crippen molar-refractivity contribution in [3.05, 3.63) is 105 Å². The lowest BCUT2D eigenvalue weighted by molar-refractivity contribution is -0.133. The number of nitrogens with one attached hydrogen (secondary N) is 1. The highest BCUT2D eigenvalue weighted by atomic mass is 35.5. The number of hydrogen-bond acceptors (Lipinski definition) is 2. The molecule has 1 heterocycles. The summed E-state index contributed by atoms with van der Waals surface area (Å²) in [4.78, 5) is 21.3. The molecular formula is C31H35Cl2N3O. The highest BCUT2D eigenvalue weighted by Crippen LogP contribution is 2.24. The number of benzene rings is 3. The summed E-state index contributed by atoms with van der Waals surface area (Å²) in [7, 11) is 0. The van der Waals surface area contributed by atoms with Crippen LogP contribution < -0.4 is 0 Å². The fourth-order valence-electron chi connectivity index (χ4n) is 4.58. The van der Waals surface area contributed by atoms with Crippen molar-refractivity contribution < 1.29 is 4.79 Å². The molecule has 0 aliphatic rings. The van der Waals surface area contributed by atoms with Gasteiger partial charge in [0.1, 0.15) is 0 Å². The van der Waals surface area contributed by atoms with Crippen molar-refractivity contribution in [2.24, 2.45) is 0 Å². The summed E-state index contributed by atoms with van der Waals surface area (Å²) in [5, 5.41) is 2.23. The summed E-state index contributed by atoms with van der Waals surface area (Å²) in [6, 6.07) is 22.5. The van der Waals surface area contributed by atoms with E-state index in [4.69, 9.17) is 23.2 Å². The summed E-state index contributed by atoms with van der Waals surface area (Å²) in [6.45, 7) is 7.41. The number of aromatic amines is 1. The maximum Gasteiger partial charge on any atom is 0.237 e. The van der Waals surface area contributed by atoms with E-state index in [9.17, 15) is 4.79 Å². The summed E-state index contributed by atoms with van der Waals surface area (Å²) < 4.78 is 0. The smallest absolute Gasteiger partial charge is 0.237 e. The minimum absolute atomic E-state index is 0.120. The zero-order valence-electron chi connectivity index (χ0n) is 21.6. The first-order valence-electron chi connectivity index (χ1n) is 13.0. The zero-order valence-corrected chi connectivity index (χ0v) is 23.2. The number of halogens is 2. The average Bonchev–Trinajstić information content (AvgIpc) is 3.31. The Morgan fingerprint density at radius 2 is 1.65 bits per heavy atom. The van der Waals surface area contributed by atoms with Gasteiger partial charge in [0.2, 0.25) is 5.91 Å². The number of para-hydroxylation sites is 1. The van der Waals surface area contributed by atoms with Gasteiger partial charge in [-0.15, -0.1) is 0 Å². The molecule has 0 aliphatic heterocycles. The Morgan fingerprint density at radius 1 is 0.892 bits per heavy atom. The Hall–Kier alpha value is -2.79. The second kappa shape index (κ2) is 13.1. The second-order valence-electron chi connectivity index (χ2n) is 9.72. The van der Waals surface area contributed by atoms with Gasteiger partial charge in [-0.25, -0.2) is 0 Å². The number of carbonyl (C=O) groups is 1. The third-order valence-electron chi connectivity index (χ3n) is 6.75. The zero-order chi connectivity index (χ0) is 26.2. The molecule has 0 bridgehead atoms. The third kappa shape index (κ3) is 7.61. The number of fused-ring (bicyclic) bond motifs is 1. The van der Waals surface area contributed by atoms with Crippen molar-refractivity contribution in [3.8, 4) is 0 Å². The molecule has 0 atom stereocenters. The molecule has 0 fully saturated rings. The molecular weight excluding hydrogens is 501 g/mol. The van der Waals surface area contributed by atoms with Crippen molar-refractivity contribution in [2.75, 3.05) is 19.6 Å². The Balaban J connectivity index is 1.52. The summed E-state index contributed by atoms with van der Waals surface area (Å²) in [5.41, 5.74) is 5.77. The van der Waals surface area contributed by atoms with Crippen LogP contribution in [0.4, 0.5) is 0 Å². The Labute approximate surface area is 230 Å². The van der Waals surface area contributed by atoms with E-state index in [-0.39, 0.29) is 5.91 Å². The molecule has 4 rings (SSSR count). The number of aryl methyl sites for hydroxylation is 1. The number of carbonyl (C=O) groups excluding carboxylic acids is 1. The van der Waals surface area contributed by atoms with E-state index in [1.165, 1.54) is 22.1 Å². The van der Waals surface area contributed by atoms with Gasteiger partial charge in [-0.1, -0.05) is 90.6 Å². The van der Waals surface area contributed by atoms with Crippen LogP contribution in [0.25, 0.3) is 10.9 Å². The topological polar surface area (TPSA) is 39.3 Å². The first-order chi connectivity index (χ1) is 17.9. The molecule has 0 aliphatic carbocycles. The van der Waals surface area contributed by atoms with Gasteiger partial charge in [0, 0.05) is 36.7 Å². The molecule has 37 heavy (non-hydrogen) atoms. The molecule has 0 radical (unpaired) electrons. The number of hydrogen-bond donors (Lipinski definition) is 1. The number of nitrogens with zero attached hydrogens (tertiary/aromatic N) is 2. The van der Waals surface area contributed by atoms with Crippen LogP contribution in [0.15, 0.2) is 72.9 Å². The summed E-state index contributed by atoms with van der Waals surface area (Å²) in [5.74, 6) is 0.120. The van der Waals surface area contributed by atoms with Crippen molar-refractivity contribution in [2.45, 2.75) is 46.2 Å². The molecule has 3 aromatic carbocycles. The predicted octanol–water partition coefficient (Wildman–Crippen LogP) is 7.66. The number of H-pyrrole nitrogens is 1. The molecule has 0 saturated heterocycles. The predicted molar refractivity (Wildman–Crippen MR) is 155 cm³/mol. The number of rotatable bonds is 12. The van der Waals surface area contributed by atoms with Crippen molar-refractivity contribution in [1.82, 2.24) is 14.8 Å². The van der Waals surface area contributed by atoms with Crippen LogP contribution in [-0.2, 0) is 24.3 Å². The molecule has 6 heteroatoms. The minimum Gasteiger partial charge on any atom is -0.361 e. The second-order valence-corrected chi connectivity index (χ2v) is 10.5. The lowest BCUT2D eigenvalue weighted by atomic mass is 10.1. The Morgan fingerprint density at radius 3 is 2.41 bits per heavy atom. The maximum atomic E-state index is 13.8. The van der Waals surface area contributed by atoms with E-state index in [0.29, 0.717) is 29.7 Å². The highest BCUT2D eigenvalue weighted by molar-refractivity contribution is 6.42. The molecule has 1 N–H and O–H groups in total. The van der Waals surface area contributed by atoms with Crippen LogP contribution in [0, 0.1) is 6.92 Å². The molecule has 4 nitrogen and oxygen atoms in total. The van der Waals surface area contributed by atoms with E-state index in [0.717, 1.165) is 43.4 Å². The summed E-state index contributed by atoms with van der Waals surface area (Å²) in [6.07, 6.45) is 4.97. The number of aromatic nitrogens is 1. The normalized spacial score (nSPS) is 11.4. The lowest BCUT2D eigenvalue weighted by Gasteiger charge is -2.28. The maximum absolute atomic E-state index is 13.8. The average molecular weight is 537 g/mol. The summed E-state index contributed by atoms with van der Waals surface area (Å²) >= 11 is 12.4. The minimum atomic E-state index is 0.120. The fraction of sp³-hybridized carbons (Fsp3) is 0.323. The van der Waals surface area contributed by atoms with Crippen LogP contribution in [0.1, 0.15) is 42.0 Å². The quantitative estimate of drug-likeness (QED) is 0.202. The molecule has 194 valence electrons. The number of unbranched alkanes of at least 4 members (excludes halogenated alkanes) is 1. The van der Waals surface area contributed by atoms with E-state index in [1.54, 1.807) is 6.07 Å². The van der Waals surface area contributed by atoms with Crippen molar-refractivity contribution in [1.29, 1.82) is 0 Å². The van der Waals surface area contributed by atoms with E-state index in [2.05, 4.69) is 72.4 Å². The first-order valence-corrected chi connectivity index (χ1v) is 13.7. The standard InChI is InChI=1S/C31H35Cl2N3O/c1-3-4-16-35(20-24-11-9-23(2)10-12-24)22-31(37)36(21-25-13-14-28(32)29(33)18-25)17-15-26-19-34-30-8-6-5-7-27(26)30/h5-14,18-19,34H,3-4,15-17,20-22H2,1-2H3. The Kier molecular flexibility index (Phi) is 9.68. The van der Waals surface area contributed by atoms with Gasteiger partial charge in [0.05, 0.1) is 16.6 Å². The van der Waals surface area contributed by atoms with Crippen LogP contribution >= 0.6 is 23.2 Å². The molecule has 0 unspecified atom stereocenters. The van der Waals surface area contributed by atoms with Crippen LogP contribution in [0.3, 0.4) is 0 Å². The van der Waals surface area contributed by atoms with Crippen LogP contribution in [-0.4, -0.2) is 40.3 Å². The first kappa shape index (κ1) is 27.3. The Bertz CT molecular complexity index is 1320. The van der Waals surface area contributed by atoms with Gasteiger partial charge in [-0.2, -0.15) is 0 Å². The fourth-order valence-corrected chi connectivity index (χ4v) is 4.90. The SMILES string of the molecule is CCCCN(CC(=O)N(CCc1c[nH]c2ccccc12)Cc1ccc(Cl)c(Cl)c1)Cc1ccc(C)cc1. The largest absolute Gasteiger partial charge is 0.361 e. The van der Waals surface area contributed by atoms with Crippen molar-refractivity contribution in [3.63, 3.8) is 0 Å². The monoisotopic (exact) mass is 535 g/mol. The van der Waals surface area contributed by atoms with Gasteiger partial charge < -0.3 is 9.88 Å².